The standard InChI is InChI=1S/C20H22BrN3O3S.2ClH/c1-27-16-6-7-19-17(12-16)15(13-23-10-8-22-9-11-23)14-24(19)28(25,26)20-5-3-2-4-18(20)21;;/h2-7,12,14,22H,8-11,13H2,1H3;2*1H. The maximum absolute atomic E-state index is 13.4. The summed E-state index contributed by atoms with van der Waals surface area (Å²) in [5, 5.41) is 4.24. The van der Waals surface area contributed by atoms with Crippen molar-refractivity contribution in [1.29, 1.82) is 0 Å². The number of hydrogen-bond acceptors (Lipinski definition) is 5. The van der Waals surface area contributed by atoms with E-state index in [4.69, 9.17) is 4.74 Å². The SMILES string of the molecule is COc1ccc2c(c1)c(CN1CCNCC1)cn2S(=O)(=O)c1ccccc1Br.Cl.Cl. The molecule has 1 aliphatic heterocycles. The van der Waals surface area contributed by atoms with Crippen molar-refractivity contribution in [1.82, 2.24) is 14.2 Å². The molecule has 0 unspecified atom stereocenters. The Hall–Kier alpha value is -1.29. The Kier molecular flexibility index (Phi) is 8.61. The van der Waals surface area contributed by atoms with Crippen LogP contribution in [0.25, 0.3) is 10.9 Å². The van der Waals surface area contributed by atoms with Gasteiger partial charge in [-0.3, -0.25) is 4.90 Å². The average molecular weight is 537 g/mol. The van der Waals surface area contributed by atoms with Gasteiger partial charge in [0.05, 0.1) is 12.6 Å². The van der Waals surface area contributed by atoms with Crippen molar-refractivity contribution in [3.8, 4) is 5.75 Å². The molecule has 0 aliphatic carbocycles. The van der Waals surface area contributed by atoms with Gasteiger partial charge in [-0.15, -0.1) is 24.8 Å². The molecule has 2 heterocycles. The van der Waals surface area contributed by atoms with Crippen LogP contribution < -0.4 is 10.1 Å². The molecule has 4 rings (SSSR count). The third-order valence-electron chi connectivity index (χ3n) is 5.04. The molecule has 30 heavy (non-hydrogen) atoms. The van der Waals surface area contributed by atoms with E-state index < -0.39 is 10.0 Å². The van der Waals surface area contributed by atoms with Gasteiger partial charge in [0.25, 0.3) is 10.0 Å². The fraction of sp³-hybridized carbons (Fsp3) is 0.300. The van der Waals surface area contributed by atoms with Crippen molar-refractivity contribution in [2.24, 2.45) is 0 Å². The zero-order valence-electron chi connectivity index (χ0n) is 16.4. The van der Waals surface area contributed by atoms with Crippen LogP contribution in [0, 0.1) is 0 Å². The minimum absolute atomic E-state index is 0. The van der Waals surface area contributed by atoms with Crippen LogP contribution in [0.5, 0.6) is 5.75 Å². The largest absolute Gasteiger partial charge is 0.497 e. The van der Waals surface area contributed by atoms with Crippen LogP contribution in [-0.4, -0.2) is 50.6 Å². The van der Waals surface area contributed by atoms with Crippen molar-refractivity contribution in [2.45, 2.75) is 11.4 Å². The zero-order chi connectivity index (χ0) is 19.7. The van der Waals surface area contributed by atoms with E-state index in [1.165, 1.54) is 3.97 Å². The summed E-state index contributed by atoms with van der Waals surface area (Å²) in [5.74, 6) is 0.713. The Morgan fingerprint density at radius 3 is 2.47 bits per heavy atom. The third kappa shape index (κ3) is 4.79. The number of nitrogens with zero attached hydrogens (tertiary/aromatic N) is 2. The van der Waals surface area contributed by atoms with Gasteiger partial charge in [-0.05, 0) is 51.8 Å². The number of rotatable bonds is 5. The molecule has 10 heteroatoms. The molecule has 0 atom stereocenters. The van der Waals surface area contributed by atoms with E-state index >= 15 is 0 Å². The molecule has 0 saturated carbocycles. The highest BCUT2D eigenvalue weighted by molar-refractivity contribution is 9.10. The average Bonchev–Trinajstić information content (AvgIpc) is 3.07. The van der Waals surface area contributed by atoms with Gasteiger partial charge in [0, 0.05) is 48.8 Å². The molecule has 1 aromatic heterocycles. The van der Waals surface area contributed by atoms with Crippen LogP contribution in [0.4, 0.5) is 0 Å². The molecule has 2 aromatic carbocycles. The van der Waals surface area contributed by atoms with Gasteiger partial charge in [0.1, 0.15) is 10.6 Å². The van der Waals surface area contributed by atoms with Crippen LogP contribution in [0.2, 0.25) is 0 Å². The molecule has 1 N–H and O–H groups in total. The number of aromatic nitrogens is 1. The molecule has 0 amide bonds. The first kappa shape index (κ1) is 25.0. The summed E-state index contributed by atoms with van der Waals surface area (Å²) >= 11 is 3.38. The van der Waals surface area contributed by atoms with Crippen molar-refractivity contribution >= 4 is 61.7 Å². The minimum Gasteiger partial charge on any atom is -0.497 e. The van der Waals surface area contributed by atoms with Crippen molar-refractivity contribution < 1.29 is 13.2 Å². The Bertz CT molecular complexity index is 1120. The van der Waals surface area contributed by atoms with Gasteiger partial charge < -0.3 is 10.1 Å². The monoisotopic (exact) mass is 535 g/mol. The Morgan fingerprint density at radius 2 is 1.80 bits per heavy atom. The summed E-state index contributed by atoms with van der Waals surface area (Å²) < 4.78 is 34.1. The highest BCUT2D eigenvalue weighted by Crippen LogP contribution is 2.32. The highest BCUT2D eigenvalue weighted by atomic mass is 79.9. The van der Waals surface area contributed by atoms with Crippen molar-refractivity contribution in [3.63, 3.8) is 0 Å². The fourth-order valence-corrected chi connectivity index (χ4v) is 5.93. The number of fused-ring (bicyclic) bond motifs is 1. The van der Waals surface area contributed by atoms with Gasteiger partial charge in [-0.1, -0.05) is 12.1 Å². The summed E-state index contributed by atoms with van der Waals surface area (Å²) in [5.41, 5.74) is 1.63. The zero-order valence-corrected chi connectivity index (χ0v) is 20.4. The minimum atomic E-state index is -3.74. The first-order chi connectivity index (χ1) is 13.5. The predicted molar refractivity (Wildman–Crippen MR) is 128 cm³/mol. The van der Waals surface area contributed by atoms with E-state index in [0.717, 1.165) is 37.1 Å². The molecule has 164 valence electrons. The number of methoxy groups -OCH3 is 1. The molecule has 0 bridgehead atoms. The number of nitrogens with one attached hydrogen (secondary N) is 1. The molecular formula is C20H24BrCl2N3O3S. The van der Waals surface area contributed by atoms with Crippen molar-refractivity contribution in [2.75, 3.05) is 33.3 Å². The summed E-state index contributed by atoms with van der Waals surface area (Å²) in [6, 6.07) is 12.4. The van der Waals surface area contributed by atoms with Crippen LogP contribution in [0.3, 0.4) is 0 Å². The normalized spacial score (nSPS) is 14.7. The smallest absolute Gasteiger partial charge is 0.269 e. The Morgan fingerprint density at radius 1 is 1.10 bits per heavy atom. The topological polar surface area (TPSA) is 63.6 Å². The second-order valence-electron chi connectivity index (χ2n) is 6.79. The third-order valence-corrected chi connectivity index (χ3v) is 7.72. The lowest BCUT2D eigenvalue weighted by molar-refractivity contribution is 0.234. The second-order valence-corrected chi connectivity index (χ2v) is 9.43. The lowest BCUT2D eigenvalue weighted by Crippen LogP contribution is -2.42. The van der Waals surface area contributed by atoms with Gasteiger partial charge in [0.15, 0.2) is 0 Å². The Balaban J connectivity index is 0.00000160. The number of hydrogen-bond donors (Lipinski definition) is 1. The first-order valence-electron chi connectivity index (χ1n) is 9.12. The summed E-state index contributed by atoms with van der Waals surface area (Å²) in [4.78, 5) is 2.58. The number of piperazine rings is 1. The van der Waals surface area contributed by atoms with E-state index in [1.54, 1.807) is 43.6 Å². The molecule has 1 aliphatic rings. The fourth-order valence-electron chi connectivity index (χ4n) is 3.57. The van der Waals surface area contributed by atoms with Gasteiger partial charge in [-0.25, -0.2) is 12.4 Å². The second kappa shape index (κ2) is 10.3. The summed E-state index contributed by atoms with van der Waals surface area (Å²) in [6.45, 7) is 4.46. The molecule has 6 nitrogen and oxygen atoms in total. The maximum atomic E-state index is 13.4. The predicted octanol–water partition coefficient (Wildman–Crippen LogP) is 3.90. The van der Waals surface area contributed by atoms with Gasteiger partial charge in [-0.2, -0.15) is 0 Å². The molecule has 1 saturated heterocycles. The van der Waals surface area contributed by atoms with Crippen LogP contribution >= 0.6 is 40.7 Å². The summed E-state index contributed by atoms with van der Waals surface area (Å²) in [7, 11) is -2.12. The summed E-state index contributed by atoms with van der Waals surface area (Å²) in [6.07, 6.45) is 1.75. The van der Waals surface area contributed by atoms with E-state index in [9.17, 15) is 8.42 Å². The number of benzene rings is 2. The molecule has 0 spiro atoms. The quantitative estimate of drug-likeness (QED) is 0.536. The van der Waals surface area contributed by atoms with Gasteiger partial charge in [0.2, 0.25) is 0 Å². The number of ether oxygens (including phenoxy) is 1. The van der Waals surface area contributed by atoms with Gasteiger partial charge >= 0.3 is 0 Å². The Labute approximate surface area is 197 Å². The van der Waals surface area contributed by atoms with Crippen LogP contribution in [0.1, 0.15) is 5.56 Å². The van der Waals surface area contributed by atoms with E-state index in [-0.39, 0.29) is 29.7 Å². The van der Waals surface area contributed by atoms with E-state index in [2.05, 4.69) is 26.1 Å². The van der Waals surface area contributed by atoms with E-state index in [1.807, 2.05) is 12.1 Å². The van der Waals surface area contributed by atoms with Crippen LogP contribution in [0.15, 0.2) is 58.0 Å². The highest BCUT2D eigenvalue weighted by Gasteiger charge is 2.24. The van der Waals surface area contributed by atoms with Crippen LogP contribution in [-0.2, 0) is 16.6 Å². The molecule has 3 aromatic rings. The molecular weight excluding hydrogens is 513 g/mol. The maximum Gasteiger partial charge on any atom is 0.269 e. The van der Waals surface area contributed by atoms with Crippen molar-refractivity contribution in [3.05, 3.63) is 58.7 Å². The first-order valence-corrected chi connectivity index (χ1v) is 11.3. The lowest BCUT2D eigenvalue weighted by atomic mass is 10.1. The number of halogens is 3. The van der Waals surface area contributed by atoms with E-state index in [0.29, 0.717) is 22.3 Å². The molecule has 1 fully saturated rings. The molecule has 0 radical (unpaired) electrons. The lowest BCUT2D eigenvalue weighted by Gasteiger charge is -2.26.